The molecule has 3 rings (SSSR count). The Bertz CT molecular complexity index is 348. The lowest BCUT2D eigenvalue weighted by molar-refractivity contribution is -0.111. The fourth-order valence-electron chi connectivity index (χ4n) is 3.69. The minimum atomic E-state index is 0.185. The van der Waals surface area contributed by atoms with Gasteiger partial charge in [0.2, 0.25) is 0 Å². The van der Waals surface area contributed by atoms with Crippen molar-refractivity contribution in [3.8, 4) is 0 Å². The predicted octanol–water partition coefficient (Wildman–Crippen LogP) is 2.57. The van der Waals surface area contributed by atoms with E-state index in [2.05, 4.69) is 16.7 Å². The summed E-state index contributed by atoms with van der Waals surface area (Å²) in [6.45, 7) is 1.99. The molecule has 3 fully saturated rings. The highest BCUT2D eigenvalue weighted by Crippen LogP contribution is 2.41. The average Bonchev–Trinajstić information content (AvgIpc) is 3.24. The topological polar surface area (TPSA) is 38.5 Å². The van der Waals surface area contributed by atoms with Gasteiger partial charge in [-0.1, -0.05) is 12.2 Å². The maximum Gasteiger partial charge on any atom is 0.0740 e. The van der Waals surface area contributed by atoms with Gasteiger partial charge in [-0.15, -0.1) is 0 Å². The van der Waals surface area contributed by atoms with Crippen molar-refractivity contribution in [2.45, 2.75) is 62.6 Å². The first-order chi connectivity index (χ1) is 9.69. The van der Waals surface area contributed by atoms with E-state index in [1.807, 2.05) is 0 Å². The van der Waals surface area contributed by atoms with Gasteiger partial charge in [0.25, 0.3) is 0 Å². The molecule has 0 aromatic heterocycles. The molecule has 1 spiro atoms. The fourth-order valence-corrected chi connectivity index (χ4v) is 5.01. The van der Waals surface area contributed by atoms with Crippen molar-refractivity contribution in [2.24, 2.45) is 5.73 Å². The third-order valence-corrected chi connectivity index (χ3v) is 6.16. The van der Waals surface area contributed by atoms with Crippen molar-refractivity contribution < 1.29 is 4.74 Å². The van der Waals surface area contributed by atoms with Gasteiger partial charge in [-0.25, -0.2) is 0 Å². The van der Waals surface area contributed by atoms with Crippen molar-refractivity contribution >= 4 is 29.0 Å². The summed E-state index contributed by atoms with van der Waals surface area (Å²) in [6.07, 6.45) is 8.47. The quantitative estimate of drug-likeness (QED) is 0.790. The molecule has 2 N–H and O–H groups in total. The molecule has 0 bridgehead atoms. The van der Waals surface area contributed by atoms with Crippen molar-refractivity contribution in [2.75, 3.05) is 24.7 Å². The molecule has 2 heterocycles. The van der Waals surface area contributed by atoms with Crippen LogP contribution in [-0.4, -0.2) is 52.2 Å². The van der Waals surface area contributed by atoms with Crippen LogP contribution in [-0.2, 0) is 4.74 Å². The molecule has 5 heteroatoms. The lowest BCUT2D eigenvalue weighted by atomic mass is 9.84. The highest BCUT2D eigenvalue weighted by Gasteiger charge is 2.43. The SMILES string of the molecule is NC(=S)CCN(C1CC1)C1CCOC2(CCSCC2)C1. The van der Waals surface area contributed by atoms with E-state index in [1.165, 1.54) is 50.0 Å². The Morgan fingerprint density at radius 2 is 2.00 bits per heavy atom. The molecule has 1 unspecified atom stereocenters. The number of hydrogen-bond donors (Lipinski definition) is 1. The van der Waals surface area contributed by atoms with Crippen molar-refractivity contribution in [3.63, 3.8) is 0 Å². The molecule has 1 saturated carbocycles. The first kappa shape index (κ1) is 15.1. The number of thioether (sulfide) groups is 1. The largest absolute Gasteiger partial charge is 0.393 e. The lowest BCUT2D eigenvalue weighted by Gasteiger charge is -2.46. The van der Waals surface area contributed by atoms with E-state index in [9.17, 15) is 0 Å². The van der Waals surface area contributed by atoms with E-state index in [4.69, 9.17) is 22.7 Å². The van der Waals surface area contributed by atoms with Crippen LogP contribution in [0.25, 0.3) is 0 Å². The maximum atomic E-state index is 6.22. The molecule has 1 aliphatic carbocycles. The summed E-state index contributed by atoms with van der Waals surface area (Å²) in [5.41, 5.74) is 5.89. The Balaban J connectivity index is 1.62. The number of thiocarbonyl (C=S) groups is 1. The van der Waals surface area contributed by atoms with Crippen molar-refractivity contribution in [1.82, 2.24) is 4.90 Å². The molecule has 3 nitrogen and oxygen atoms in total. The number of nitrogens with two attached hydrogens (primary N) is 1. The third kappa shape index (κ3) is 3.67. The first-order valence-electron chi connectivity index (χ1n) is 7.94. The number of hydrogen-bond acceptors (Lipinski definition) is 4. The molecular formula is C15H26N2OS2. The van der Waals surface area contributed by atoms with E-state index in [-0.39, 0.29) is 5.60 Å². The number of ether oxygens (including phenoxy) is 1. The summed E-state index contributed by atoms with van der Waals surface area (Å²) in [6, 6.07) is 1.48. The summed E-state index contributed by atoms with van der Waals surface area (Å²) in [4.78, 5) is 3.36. The zero-order valence-electron chi connectivity index (χ0n) is 12.2. The van der Waals surface area contributed by atoms with Crippen LogP contribution in [0.2, 0.25) is 0 Å². The lowest BCUT2D eigenvalue weighted by Crippen LogP contribution is -2.51. The van der Waals surface area contributed by atoms with Crippen LogP contribution in [0.3, 0.4) is 0 Å². The molecule has 1 atom stereocenters. The van der Waals surface area contributed by atoms with Gasteiger partial charge in [0, 0.05) is 31.7 Å². The van der Waals surface area contributed by atoms with Gasteiger partial charge in [-0.2, -0.15) is 11.8 Å². The predicted molar refractivity (Wildman–Crippen MR) is 89.4 cm³/mol. The molecule has 2 aliphatic heterocycles. The Morgan fingerprint density at radius 1 is 1.25 bits per heavy atom. The van der Waals surface area contributed by atoms with Crippen LogP contribution < -0.4 is 5.73 Å². The molecular weight excluding hydrogens is 288 g/mol. The highest BCUT2D eigenvalue weighted by molar-refractivity contribution is 7.99. The number of rotatable bonds is 5. The van der Waals surface area contributed by atoms with Gasteiger partial charge in [-0.3, -0.25) is 4.90 Å². The molecule has 0 aromatic carbocycles. The zero-order valence-corrected chi connectivity index (χ0v) is 13.8. The second kappa shape index (κ2) is 6.51. The van der Waals surface area contributed by atoms with Crippen molar-refractivity contribution in [3.05, 3.63) is 0 Å². The molecule has 0 radical (unpaired) electrons. The molecule has 114 valence electrons. The van der Waals surface area contributed by atoms with Gasteiger partial charge in [0.1, 0.15) is 0 Å². The summed E-state index contributed by atoms with van der Waals surface area (Å²) in [5, 5.41) is 0. The Hall–Kier alpha value is 0.160. The first-order valence-corrected chi connectivity index (χ1v) is 9.51. The van der Waals surface area contributed by atoms with E-state index in [0.717, 1.165) is 25.6 Å². The average molecular weight is 315 g/mol. The second-order valence-corrected chi connectivity index (χ2v) is 8.22. The van der Waals surface area contributed by atoms with Gasteiger partial charge in [0.15, 0.2) is 0 Å². The van der Waals surface area contributed by atoms with Gasteiger partial charge >= 0.3 is 0 Å². The van der Waals surface area contributed by atoms with Crippen LogP contribution in [0.4, 0.5) is 0 Å². The maximum absolute atomic E-state index is 6.22. The van der Waals surface area contributed by atoms with Crippen molar-refractivity contribution in [1.29, 1.82) is 0 Å². The molecule has 2 saturated heterocycles. The second-order valence-electron chi connectivity index (χ2n) is 6.48. The third-order valence-electron chi connectivity index (χ3n) is 4.97. The van der Waals surface area contributed by atoms with E-state index in [0.29, 0.717) is 11.0 Å². The fraction of sp³-hybridized carbons (Fsp3) is 0.933. The van der Waals surface area contributed by atoms with Crippen LogP contribution in [0, 0.1) is 0 Å². The van der Waals surface area contributed by atoms with Crippen LogP contribution in [0.5, 0.6) is 0 Å². The standard InChI is InChI=1S/C15H26N2OS2/c16-14(19)3-7-17(12-1-2-12)13-4-8-18-15(11-13)5-9-20-10-6-15/h12-13H,1-11H2,(H2,16,19). The van der Waals surface area contributed by atoms with Crippen LogP contribution >= 0.6 is 24.0 Å². The molecule has 3 aliphatic rings. The summed E-state index contributed by atoms with van der Waals surface area (Å²) in [5.74, 6) is 2.53. The Labute approximate surface area is 132 Å². The van der Waals surface area contributed by atoms with Crippen LogP contribution in [0.15, 0.2) is 0 Å². The number of nitrogens with zero attached hydrogens (tertiary/aromatic N) is 1. The van der Waals surface area contributed by atoms with Gasteiger partial charge < -0.3 is 10.5 Å². The van der Waals surface area contributed by atoms with E-state index in [1.54, 1.807) is 0 Å². The molecule has 0 amide bonds. The normalized spacial score (nSPS) is 29.8. The highest BCUT2D eigenvalue weighted by atomic mass is 32.2. The smallest absolute Gasteiger partial charge is 0.0740 e. The minimum absolute atomic E-state index is 0.185. The summed E-state index contributed by atoms with van der Waals surface area (Å²) >= 11 is 7.14. The Morgan fingerprint density at radius 3 is 2.65 bits per heavy atom. The molecule has 20 heavy (non-hydrogen) atoms. The minimum Gasteiger partial charge on any atom is -0.393 e. The summed E-state index contributed by atoms with van der Waals surface area (Å²) in [7, 11) is 0. The monoisotopic (exact) mass is 314 g/mol. The summed E-state index contributed by atoms with van der Waals surface area (Å²) < 4.78 is 6.22. The molecule has 0 aromatic rings. The van der Waals surface area contributed by atoms with Gasteiger partial charge in [0.05, 0.1) is 10.6 Å². The Kier molecular flexibility index (Phi) is 4.90. The zero-order chi connectivity index (χ0) is 14.0. The van der Waals surface area contributed by atoms with E-state index < -0.39 is 0 Å². The van der Waals surface area contributed by atoms with Crippen LogP contribution in [0.1, 0.15) is 44.9 Å². The van der Waals surface area contributed by atoms with E-state index >= 15 is 0 Å². The van der Waals surface area contributed by atoms with Gasteiger partial charge in [-0.05, 0) is 50.0 Å².